The molecule has 2 aromatic rings. The number of rotatable bonds is 6. The zero-order chi connectivity index (χ0) is 19.6. The normalized spacial score (nSPS) is 16.0. The van der Waals surface area contributed by atoms with E-state index in [4.69, 9.17) is 16.3 Å². The van der Waals surface area contributed by atoms with E-state index in [9.17, 15) is 9.59 Å². The molecule has 5 nitrogen and oxygen atoms in total. The van der Waals surface area contributed by atoms with Gasteiger partial charge >= 0.3 is 0 Å². The molecule has 142 valence electrons. The van der Waals surface area contributed by atoms with Crippen molar-refractivity contribution < 1.29 is 14.3 Å². The summed E-state index contributed by atoms with van der Waals surface area (Å²) in [5.74, 6) is -0.262. The van der Waals surface area contributed by atoms with Gasteiger partial charge in [-0.3, -0.25) is 14.5 Å². The number of nitrogens with zero attached hydrogens (tertiary/aromatic N) is 2. The number of hydrogen-bond acceptors (Lipinski definition) is 4. The zero-order valence-electron chi connectivity index (χ0n) is 15.5. The number of amides is 2. The minimum Gasteiger partial charge on any atom is -0.383 e. The summed E-state index contributed by atoms with van der Waals surface area (Å²) in [4.78, 5) is 26.8. The second kappa shape index (κ2) is 8.33. The van der Waals surface area contributed by atoms with Gasteiger partial charge in [0.05, 0.1) is 18.1 Å². The maximum atomic E-state index is 12.7. The molecule has 0 aliphatic carbocycles. The lowest BCUT2D eigenvalue weighted by molar-refractivity contribution is -0.123. The van der Waals surface area contributed by atoms with Gasteiger partial charge in [0, 0.05) is 30.1 Å². The lowest BCUT2D eigenvalue weighted by atomic mass is 10.2. The smallest absolute Gasteiger partial charge is 0.293 e. The van der Waals surface area contributed by atoms with Crippen LogP contribution in [0.15, 0.2) is 35.2 Å². The number of aromatic nitrogens is 1. The van der Waals surface area contributed by atoms with E-state index in [1.54, 1.807) is 25.3 Å². The average Bonchev–Trinajstić information content (AvgIpc) is 3.05. The summed E-state index contributed by atoms with van der Waals surface area (Å²) in [6.07, 6.45) is 1.80. The maximum absolute atomic E-state index is 12.7. The van der Waals surface area contributed by atoms with Crippen molar-refractivity contribution in [2.45, 2.75) is 26.9 Å². The average molecular weight is 405 g/mol. The highest BCUT2D eigenvalue weighted by atomic mass is 35.5. The summed E-state index contributed by atoms with van der Waals surface area (Å²) in [5, 5.41) is 0.367. The van der Waals surface area contributed by atoms with E-state index in [1.165, 1.54) is 4.90 Å². The molecule has 1 aliphatic heterocycles. The molecule has 1 aromatic heterocycles. The van der Waals surface area contributed by atoms with Gasteiger partial charge < -0.3 is 9.30 Å². The van der Waals surface area contributed by atoms with Gasteiger partial charge in [0.15, 0.2) is 0 Å². The third kappa shape index (κ3) is 4.29. The standard InChI is InChI=1S/C20H21ClN2O3S/c1-13-10-16(14(2)22(13)8-9-26-3)11-18-19(24)23(20(25)27-18)12-15-4-6-17(21)7-5-15/h4-7,10-11H,8-9,12H2,1-3H3/b18-11-. The van der Waals surface area contributed by atoms with Crippen LogP contribution in [0.25, 0.3) is 6.08 Å². The summed E-state index contributed by atoms with van der Waals surface area (Å²) < 4.78 is 7.30. The summed E-state index contributed by atoms with van der Waals surface area (Å²) >= 11 is 6.87. The summed E-state index contributed by atoms with van der Waals surface area (Å²) in [5.41, 5.74) is 3.95. The molecule has 1 fully saturated rings. The molecule has 1 aromatic carbocycles. The Morgan fingerprint density at radius 1 is 1.19 bits per heavy atom. The monoisotopic (exact) mass is 404 g/mol. The minimum absolute atomic E-state index is 0.242. The molecule has 0 radical (unpaired) electrons. The van der Waals surface area contributed by atoms with Crippen LogP contribution in [-0.4, -0.2) is 34.3 Å². The highest BCUT2D eigenvalue weighted by Gasteiger charge is 2.35. The van der Waals surface area contributed by atoms with Crippen molar-refractivity contribution >= 4 is 40.6 Å². The fourth-order valence-corrected chi connectivity index (χ4v) is 4.01. The Morgan fingerprint density at radius 3 is 2.56 bits per heavy atom. The van der Waals surface area contributed by atoms with E-state index < -0.39 is 0 Å². The lowest BCUT2D eigenvalue weighted by Crippen LogP contribution is -2.27. The van der Waals surface area contributed by atoms with Crippen LogP contribution >= 0.6 is 23.4 Å². The molecule has 1 aliphatic rings. The van der Waals surface area contributed by atoms with Crippen molar-refractivity contribution in [2.75, 3.05) is 13.7 Å². The van der Waals surface area contributed by atoms with E-state index >= 15 is 0 Å². The van der Waals surface area contributed by atoms with E-state index in [2.05, 4.69) is 4.57 Å². The summed E-state index contributed by atoms with van der Waals surface area (Å²) in [7, 11) is 1.67. The topological polar surface area (TPSA) is 51.5 Å². The Hall–Kier alpha value is -2.02. The molecule has 0 spiro atoms. The van der Waals surface area contributed by atoms with Crippen molar-refractivity contribution in [2.24, 2.45) is 0 Å². The molecule has 0 N–H and O–H groups in total. The molecule has 7 heteroatoms. The van der Waals surface area contributed by atoms with Gasteiger partial charge in [0.1, 0.15) is 0 Å². The maximum Gasteiger partial charge on any atom is 0.293 e. The van der Waals surface area contributed by atoms with E-state index in [-0.39, 0.29) is 17.7 Å². The van der Waals surface area contributed by atoms with Crippen LogP contribution in [-0.2, 0) is 22.6 Å². The molecule has 0 saturated carbocycles. The number of imide groups is 1. The van der Waals surface area contributed by atoms with Crippen LogP contribution in [0.3, 0.4) is 0 Å². The molecule has 3 rings (SSSR count). The molecule has 0 atom stereocenters. The van der Waals surface area contributed by atoms with Gasteiger partial charge in [-0.15, -0.1) is 0 Å². The number of carbonyl (C=O) groups excluding carboxylic acids is 2. The van der Waals surface area contributed by atoms with Crippen molar-refractivity contribution in [3.8, 4) is 0 Å². The van der Waals surface area contributed by atoms with E-state index in [0.717, 1.165) is 40.8 Å². The fourth-order valence-electron chi connectivity index (χ4n) is 3.05. The quantitative estimate of drug-likeness (QED) is 0.658. The van der Waals surface area contributed by atoms with Crippen molar-refractivity contribution in [1.82, 2.24) is 9.47 Å². The molecular weight excluding hydrogens is 384 g/mol. The molecule has 2 amide bonds. The van der Waals surface area contributed by atoms with Crippen LogP contribution in [0.1, 0.15) is 22.5 Å². The first-order valence-electron chi connectivity index (χ1n) is 8.56. The second-order valence-electron chi connectivity index (χ2n) is 6.37. The van der Waals surface area contributed by atoms with Crippen LogP contribution in [0, 0.1) is 13.8 Å². The van der Waals surface area contributed by atoms with E-state index in [1.807, 2.05) is 32.0 Å². The number of thioether (sulfide) groups is 1. The summed E-state index contributed by atoms with van der Waals surface area (Å²) in [6.45, 7) is 5.64. The zero-order valence-corrected chi connectivity index (χ0v) is 17.1. The number of methoxy groups -OCH3 is 1. The lowest BCUT2D eigenvalue weighted by Gasteiger charge is -2.12. The summed E-state index contributed by atoms with van der Waals surface area (Å²) in [6, 6.07) is 9.16. The Labute approximate surface area is 167 Å². The SMILES string of the molecule is COCCn1c(C)cc(/C=C2\SC(=O)N(Cc3ccc(Cl)cc3)C2=O)c1C. The van der Waals surface area contributed by atoms with Crippen molar-refractivity contribution in [3.63, 3.8) is 0 Å². The molecule has 0 unspecified atom stereocenters. The molecular formula is C20H21ClN2O3S. The Morgan fingerprint density at radius 2 is 1.89 bits per heavy atom. The molecule has 1 saturated heterocycles. The number of benzene rings is 1. The van der Waals surface area contributed by atoms with Gasteiger partial charge in [-0.05, 0) is 61.0 Å². The second-order valence-corrected chi connectivity index (χ2v) is 7.79. The van der Waals surface area contributed by atoms with Gasteiger partial charge in [-0.25, -0.2) is 0 Å². The number of carbonyl (C=O) groups is 2. The van der Waals surface area contributed by atoms with Crippen molar-refractivity contribution in [3.05, 3.63) is 62.8 Å². The third-order valence-electron chi connectivity index (χ3n) is 4.55. The largest absolute Gasteiger partial charge is 0.383 e. The van der Waals surface area contributed by atoms with Gasteiger partial charge in [0.2, 0.25) is 0 Å². The van der Waals surface area contributed by atoms with Crippen molar-refractivity contribution in [1.29, 1.82) is 0 Å². The third-order valence-corrected chi connectivity index (χ3v) is 5.71. The van der Waals surface area contributed by atoms with Gasteiger partial charge in [-0.1, -0.05) is 23.7 Å². The van der Waals surface area contributed by atoms with Gasteiger partial charge in [0.25, 0.3) is 11.1 Å². The first-order valence-corrected chi connectivity index (χ1v) is 9.75. The predicted molar refractivity (Wildman–Crippen MR) is 109 cm³/mol. The van der Waals surface area contributed by atoms with Gasteiger partial charge in [-0.2, -0.15) is 0 Å². The van der Waals surface area contributed by atoms with Crippen LogP contribution < -0.4 is 0 Å². The Kier molecular flexibility index (Phi) is 6.09. The first-order chi connectivity index (χ1) is 12.9. The van der Waals surface area contributed by atoms with Crippen LogP contribution in [0.2, 0.25) is 5.02 Å². The van der Waals surface area contributed by atoms with E-state index in [0.29, 0.717) is 16.5 Å². The Balaban J connectivity index is 1.81. The molecule has 27 heavy (non-hydrogen) atoms. The highest BCUT2D eigenvalue weighted by Crippen LogP contribution is 2.34. The van der Waals surface area contributed by atoms with Crippen LogP contribution in [0.5, 0.6) is 0 Å². The number of ether oxygens (including phenoxy) is 1. The first kappa shape index (κ1) is 19.7. The number of halogens is 1. The number of aryl methyl sites for hydroxylation is 1. The molecule has 0 bridgehead atoms. The minimum atomic E-state index is -0.262. The number of hydrogen-bond donors (Lipinski definition) is 0. The Bertz CT molecular complexity index is 903. The predicted octanol–water partition coefficient (Wildman–Crippen LogP) is 4.64. The fraction of sp³-hybridized carbons (Fsp3) is 0.300. The van der Waals surface area contributed by atoms with Crippen LogP contribution in [0.4, 0.5) is 4.79 Å². The highest BCUT2D eigenvalue weighted by molar-refractivity contribution is 8.18. The molecule has 2 heterocycles.